The number of hydrogen-bond acceptors (Lipinski definition) is 4. The van der Waals surface area contributed by atoms with Gasteiger partial charge in [0.2, 0.25) is 5.89 Å². The standard InChI is InChI=1S/C14H18FN3O/c1-3-8-16-9-7-12-17-18-14(19-12)11-6-4-5-10(2)13(11)15/h4-6,16H,3,7-9H2,1-2H3. The van der Waals surface area contributed by atoms with Gasteiger partial charge in [0.25, 0.3) is 5.89 Å². The van der Waals surface area contributed by atoms with Gasteiger partial charge in [0, 0.05) is 13.0 Å². The first-order valence-corrected chi connectivity index (χ1v) is 6.51. The van der Waals surface area contributed by atoms with E-state index in [4.69, 9.17) is 4.42 Å². The first-order valence-electron chi connectivity index (χ1n) is 6.51. The molecule has 0 unspecified atom stereocenters. The number of hydrogen-bond donors (Lipinski definition) is 1. The lowest BCUT2D eigenvalue weighted by Crippen LogP contribution is -2.17. The number of aromatic nitrogens is 2. The van der Waals surface area contributed by atoms with Gasteiger partial charge in [-0.2, -0.15) is 0 Å². The molecule has 0 aliphatic heterocycles. The molecule has 19 heavy (non-hydrogen) atoms. The van der Waals surface area contributed by atoms with E-state index in [2.05, 4.69) is 22.4 Å². The highest BCUT2D eigenvalue weighted by Crippen LogP contribution is 2.23. The smallest absolute Gasteiger partial charge is 0.250 e. The van der Waals surface area contributed by atoms with Crippen molar-refractivity contribution in [2.24, 2.45) is 0 Å². The zero-order valence-electron chi connectivity index (χ0n) is 11.2. The highest BCUT2D eigenvalue weighted by molar-refractivity contribution is 5.55. The molecule has 2 aromatic rings. The molecule has 0 saturated heterocycles. The summed E-state index contributed by atoms with van der Waals surface area (Å²) in [6.07, 6.45) is 1.74. The maximum Gasteiger partial charge on any atom is 0.250 e. The van der Waals surface area contributed by atoms with Crippen LogP contribution in [-0.4, -0.2) is 23.3 Å². The molecule has 1 aromatic carbocycles. The van der Waals surface area contributed by atoms with Gasteiger partial charge in [-0.05, 0) is 31.5 Å². The van der Waals surface area contributed by atoms with Crippen LogP contribution in [0.3, 0.4) is 0 Å². The van der Waals surface area contributed by atoms with Gasteiger partial charge in [-0.15, -0.1) is 10.2 Å². The molecule has 1 N–H and O–H groups in total. The van der Waals surface area contributed by atoms with Crippen LogP contribution < -0.4 is 5.32 Å². The number of rotatable bonds is 6. The lowest BCUT2D eigenvalue weighted by atomic mass is 10.1. The molecule has 102 valence electrons. The molecule has 0 bridgehead atoms. The summed E-state index contributed by atoms with van der Waals surface area (Å²) in [5.74, 6) is 0.466. The maximum atomic E-state index is 13.9. The largest absolute Gasteiger partial charge is 0.421 e. The molecule has 0 radical (unpaired) electrons. The minimum atomic E-state index is -0.304. The monoisotopic (exact) mass is 263 g/mol. The fourth-order valence-corrected chi connectivity index (χ4v) is 1.77. The van der Waals surface area contributed by atoms with Crippen molar-refractivity contribution in [3.05, 3.63) is 35.5 Å². The number of aryl methyl sites for hydroxylation is 1. The lowest BCUT2D eigenvalue weighted by molar-refractivity contribution is 0.490. The predicted octanol–water partition coefficient (Wildman–Crippen LogP) is 2.73. The van der Waals surface area contributed by atoms with Crippen molar-refractivity contribution in [1.29, 1.82) is 0 Å². The summed E-state index contributed by atoms with van der Waals surface area (Å²) in [5.41, 5.74) is 0.933. The Balaban J connectivity index is 2.06. The Bertz CT molecular complexity index is 539. The van der Waals surface area contributed by atoms with Crippen LogP contribution in [0.5, 0.6) is 0 Å². The van der Waals surface area contributed by atoms with Crippen molar-refractivity contribution in [2.45, 2.75) is 26.7 Å². The Morgan fingerprint density at radius 2 is 2.11 bits per heavy atom. The molecular weight excluding hydrogens is 245 g/mol. The minimum Gasteiger partial charge on any atom is -0.421 e. The third-order valence-electron chi connectivity index (χ3n) is 2.83. The zero-order valence-corrected chi connectivity index (χ0v) is 11.2. The van der Waals surface area contributed by atoms with E-state index in [0.29, 0.717) is 23.4 Å². The van der Waals surface area contributed by atoms with Crippen LogP contribution in [-0.2, 0) is 6.42 Å². The van der Waals surface area contributed by atoms with Crippen LogP contribution in [0.4, 0.5) is 4.39 Å². The third kappa shape index (κ3) is 3.38. The van der Waals surface area contributed by atoms with E-state index in [-0.39, 0.29) is 11.7 Å². The molecule has 0 atom stereocenters. The van der Waals surface area contributed by atoms with Gasteiger partial charge in [-0.3, -0.25) is 0 Å². The molecule has 1 aromatic heterocycles. The number of benzene rings is 1. The van der Waals surface area contributed by atoms with Crippen molar-refractivity contribution in [1.82, 2.24) is 15.5 Å². The summed E-state index contributed by atoms with van der Waals surface area (Å²) >= 11 is 0. The van der Waals surface area contributed by atoms with Crippen LogP contribution in [0.15, 0.2) is 22.6 Å². The Morgan fingerprint density at radius 3 is 2.89 bits per heavy atom. The van der Waals surface area contributed by atoms with E-state index in [0.717, 1.165) is 19.5 Å². The van der Waals surface area contributed by atoms with Gasteiger partial charge < -0.3 is 9.73 Å². The van der Waals surface area contributed by atoms with Crippen LogP contribution in [0.25, 0.3) is 11.5 Å². The Hall–Kier alpha value is -1.75. The van der Waals surface area contributed by atoms with Crippen molar-refractivity contribution >= 4 is 0 Å². The van der Waals surface area contributed by atoms with Gasteiger partial charge in [0.05, 0.1) is 5.56 Å². The normalized spacial score (nSPS) is 10.9. The van der Waals surface area contributed by atoms with E-state index in [1.807, 2.05) is 0 Å². The van der Waals surface area contributed by atoms with E-state index >= 15 is 0 Å². The number of nitrogens with one attached hydrogen (secondary N) is 1. The van der Waals surface area contributed by atoms with Gasteiger partial charge >= 0.3 is 0 Å². The molecule has 0 saturated carbocycles. The van der Waals surface area contributed by atoms with E-state index in [1.54, 1.807) is 25.1 Å². The predicted molar refractivity (Wildman–Crippen MR) is 71.3 cm³/mol. The Kier molecular flexibility index (Phi) is 4.63. The SMILES string of the molecule is CCCNCCc1nnc(-c2cccc(C)c2F)o1. The fourth-order valence-electron chi connectivity index (χ4n) is 1.77. The molecule has 0 amide bonds. The Labute approximate surface area is 112 Å². The van der Waals surface area contributed by atoms with Crippen molar-refractivity contribution < 1.29 is 8.81 Å². The first-order chi connectivity index (χ1) is 9.22. The fraction of sp³-hybridized carbons (Fsp3) is 0.429. The summed E-state index contributed by atoms with van der Waals surface area (Å²) in [4.78, 5) is 0. The molecule has 0 aliphatic rings. The molecule has 0 spiro atoms. The molecule has 4 nitrogen and oxygen atoms in total. The van der Waals surface area contributed by atoms with Gasteiger partial charge in [-0.1, -0.05) is 19.1 Å². The van der Waals surface area contributed by atoms with Crippen molar-refractivity contribution in [2.75, 3.05) is 13.1 Å². The van der Waals surface area contributed by atoms with E-state index in [1.165, 1.54) is 0 Å². The summed E-state index contributed by atoms with van der Waals surface area (Å²) in [5, 5.41) is 11.1. The molecule has 5 heteroatoms. The molecule has 0 fully saturated rings. The summed E-state index contributed by atoms with van der Waals surface area (Å²) in [6, 6.07) is 5.14. The minimum absolute atomic E-state index is 0.242. The van der Waals surface area contributed by atoms with E-state index in [9.17, 15) is 4.39 Å². The average molecular weight is 263 g/mol. The molecular formula is C14H18FN3O. The lowest BCUT2D eigenvalue weighted by Gasteiger charge is -2.00. The summed E-state index contributed by atoms with van der Waals surface area (Å²) in [7, 11) is 0. The average Bonchev–Trinajstić information content (AvgIpc) is 2.87. The number of nitrogens with zero attached hydrogens (tertiary/aromatic N) is 2. The number of halogens is 1. The second-order valence-corrected chi connectivity index (χ2v) is 4.44. The molecule has 1 heterocycles. The van der Waals surface area contributed by atoms with Crippen LogP contribution in [0, 0.1) is 12.7 Å². The zero-order chi connectivity index (χ0) is 13.7. The molecule has 2 rings (SSSR count). The van der Waals surface area contributed by atoms with Crippen LogP contribution in [0.1, 0.15) is 24.8 Å². The van der Waals surface area contributed by atoms with E-state index < -0.39 is 0 Å². The van der Waals surface area contributed by atoms with Crippen molar-refractivity contribution in [3.8, 4) is 11.5 Å². The van der Waals surface area contributed by atoms with Gasteiger partial charge in [0.1, 0.15) is 5.82 Å². The second-order valence-electron chi connectivity index (χ2n) is 4.44. The Morgan fingerprint density at radius 1 is 1.26 bits per heavy atom. The first kappa shape index (κ1) is 13.7. The topological polar surface area (TPSA) is 51.0 Å². The summed E-state index contributed by atoms with van der Waals surface area (Å²) < 4.78 is 19.4. The third-order valence-corrected chi connectivity index (χ3v) is 2.83. The highest BCUT2D eigenvalue weighted by atomic mass is 19.1. The van der Waals surface area contributed by atoms with Crippen LogP contribution >= 0.6 is 0 Å². The summed E-state index contributed by atoms with van der Waals surface area (Å²) in [6.45, 7) is 5.57. The van der Waals surface area contributed by atoms with Crippen molar-refractivity contribution in [3.63, 3.8) is 0 Å². The maximum absolute atomic E-state index is 13.9. The molecule has 0 aliphatic carbocycles. The highest BCUT2D eigenvalue weighted by Gasteiger charge is 2.13. The second kappa shape index (κ2) is 6.43. The van der Waals surface area contributed by atoms with Gasteiger partial charge in [-0.25, -0.2) is 4.39 Å². The van der Waals surface area contributed by atoms with Crippen LogP contribution in [0.2, 0.25) is 0 Å². The quantitative estimate of drug-likeness (QED) is 0.814. The van der Waals surface area contributed by atoms with Gasteiger partial charge in [0.15, 0.2) is 0 Å².